The predicted molar refractivity (Wildman–Crippen MR) is 121 cm³/mol. The Morgan fingerprint density at radius 1 is 0.828 bits per heavy atom. The van der Waals surface area contributed by atoms with Crippen molar-refractivity contribution < 1.29 is 9.59 Å². The van der Waals surface area contributed by atoms with Crippen molar-refractivity contribution >= 4 is 58.2 Å². The summed E-state index contributed by atoms with van der Waals surface area (Å²) in [5, 5.41) is 6.55. The van der Waals surface area contributed by atoms with Crippen molar-refractivity contribution in [3.63, 3.8) is 0 Å². The Morgan fingerprint density at radius 3 is 2.38 bits per heavy atom. The SMILES string of the molecule is O=C(Cc1ccccc1)Nc1cccc(SCC(=O)Nc2ccc(Cl)cc2Cl)c1. The molecule has 0 fully saturated rings. The van der Waals surface area contributed by atoms with E-state index in [2.05, 4.69) is 10.6 Å². The molecule has 0 radical (unpaired) electrons. The number of anilines is 2. The van der Waals surface area contributed by atoms with Gasteiger partial charge in [0, 0.05) is 15.6 Å². The number of halogens is 2. The molecule has 0 aliphatic carbocycles. The lowest BCUT2D eigenvalue weighted by Crippen LogP contribution is -2.15. The van der Waals surface area contributed by atoms with Gasteiger partial charge in [-0.25, -0.2) is 0 Å². The highest BCUT2D eigenvalue weighted by Gasteiger charge is 2.09. The number of amides is 2. The molecule has 0 bridgehead atoms. The smallest absolute Gasteiger partial charge is 0.234 e. The zero-order chi connectivity index (χ0) is 20.6. The van der Waals surface area contributed by atoms with E-state index in [0.717, 1.165) is 10.5 Å². The number of nitrogens with one attached hydrogen (secondary N) is 2. The minimum atomic E-state index is -0.183. The monoisotopic (exact) mass is 444 g/mol. The largest absolute Gasteiger partial charge is 0.326 e. The van der Waals surface area contributed by atoms with Crippen molar-refractivity contribution in [2.45, 2.75) is 11.3 Å². The highest BCUT2D eigenvalue weighted by molar-refractivity contribution is 8.00. The van der Waals surface area contributed by atoms with Crippen LogP contribution < -0.4 is 10.6 Å². The van der Waals surface area contributed by atoms with E-state index in [0.29, 0.717) is 27.8 Å². The van der Waals surface area contributed by atoms with Gasteiger partial charge >= 0.3 is 0 Å². The Morgan fingerprint density at radius 2 is 1.62 bits per heavy atom. The van der Waals surface area contributed by atoms with E-state index in [1.54, 1.807) is 18.2 Å². The Balaban J connectivity index is 1.52. The van der Waals surface area contributed by atoms with Gasteiger partial charge in [0.15, 0.2) is 0 Å². The molecule has 0 spiro atoms. The van der Waals surface area contributed by atoms with Crippen molar-refractivity contribution in [1.29, 1.82) is 0 Å². The van der Waals surface area contributed by atoms with Crippen LogP contribution >= 0.6 is 35.0 Å². The maximum Gasteiger partial charge on any atom is 0.234 e. The Hall–Kier alpha value is -2.47. The lowest BCUT2D eigenvalue weighted by atomic mass is 10.1. The molecule has 148 valence electrons. The van der Waals surface area contributed by atoms with E-state index >= 15 is 0 Å². The first kappa shape index (κ1) is 21.2. The van der Waals surface area contributed by atoms with Gasteiger partial charge in [-0.2, -0.15) is 0 Å². The molecule has 2 amide bonds. The molecule has 2 N–H and O–H groups in total. The highest BCUT2D eigenvalue weighted by atomic mass is 35.5. The Labute approximate surface area is 183 Å². The van der Waals surface area contributed by atoms with Crippen molar-refractivity contribution in [3.8, 4) is 0 Å². The van der Waals surface area contributed by atoms with Crippen molar-refractivity contribution in [1.82, 2.24) is 0 Å². The second-order valence-electron chi connectivity index (χ2n) is 6.20. The minimum absolute atomic E-state index is 0.0894. The summed E-state index contributed by atoms with van der Waals surface area (Å²) in [6, 6.07) is 21.9. The Bertz CT molecular complexity index is 1010. The first-order chi connectivity index (χ1) is 14.0. The van der Waals surface area contributed by atoms with Gasteiger partial charge in [0.1, 0.15) is 0 Å². The first-order valence-corrected chi connectivity index (χ1v) is 10.6. The number of thioether (sulfide) groups is 1. The summed E-state index contributed by atoms with van der Waals surface area (Å²) in [6.07, 6.45) is 0.308. The third-order valence-corrected chi connectivity index (χ3v) is 5.44. The Kier molecular flexibility index (Phi) is 7.58. The standard InChI is InChI=1S/C22H18Cl2N2O2S/c23-16-9-10-20(19(24)12-16)26-22(28)14-29-18-8-4-7-17(13-18)25-21(27)11-15-5-2-1-3-6-15/h1-10,12-13H,11,14H2,(H,25,27)(H,26,28). The first-order valence-electron chi connectivity index (χ1n) is 8.81. The van der Waals surface area contributed by atoms with Crippen molar-refractivity contribution in [2.75, 3.05) is 16.4 Å². The fourth-order valence-corrected chi connectivity index (χ4v) is 3.79. The molecule has 0 aromatic heterocycles. The van der Waals surface area contributed by atoms with Gasteiger partial charge in [-0.1, -0.05) is 59.6 Å². The molecule has 0 unspecified atom stereocenters. The lowest BCUT2D eigenvalue weighted by molar-refractivity contribution is -0.115. The van der Waals surface area contributed by atoms with Crippen LogP contribution in [0.1, 0.15) is 5.56 Å². The molecule has 7 heteroatoms. The fraction of sp³-hybridized carbons (Fsp3) is 0.0909. The van der Waals surface area contributed by atoms with Gasteiger partial charge < -0.3 is 10.6 Å². The number of rotatable bonds is 7. The van der Waals surface area contributed by atoms with E-state index in [1.165, 1.54) is 11.8 Å². The molecule has 0 saturated carbocycles. The van der Waals surface area contributed by atoms with Gasteiger partial charge in [0.2, 0.25) is 11.8 Å². The molecule has 0 heterocycles. The van der Waals surface area contributed by atoms with Crippen LogP contribution in [0.25, 0.3) is 0 Å². The minimum Gasteiger partial charge on any atom is -0.326 e. The lowest BCUT2D eigenvalue weighted by Gasteiger charge is -2.09. The van der Waals surface area contributed by atoms with E-state index in [1.807, 2.05) is 54.6 Å². The van der Waals surface area contributed by atoms with Crippen molar-refractivity contribution in [3.05, 3.63) is 88.4 Å². The number of benzene rings is 3. The quantitative estimate of drug-likeness (QED) is 0.445. The number of hydrogen-bond acceptors (Lipinski definition) is 3. The van der Waals surface area contributed by atoms with Crippen LogP contribution in [0.4, 0.5) is 11.4 Å². The topological polar surface area (TPSA) is 58.2 Å². The molecular weight excluding hydrogens is 427 g/mol. The van der Waals surface area contributed by atoms with Crippen LogP contribution in [0.3, 0.4) is 0 Å². The van der Waals surface area contributed by atoms with Crippen LogP contribution in [0.2, 0.25) is 10.0 Å². The molecule has 3 rings (SSSR count). The zero-order valence-corrected chi connectivity index (χ0v) is 17.7. The average molecular weight is 445 g/mol. The molecule has 0 saturated heterocycles. The van der Waals surface area contributed by atoms with E-state index in [-0.39, 0.29) is 17.6 Å². The second-order valence-corrected chi connectivity index (χ2v) is 8.09. The van der Waals surface area contributed by atoms with Crippen LogP contribution in [0.5, 0.6) is 0 Å². The molecule has 3 aromatic carbocycles. The molecule has 0 aliphatic rings. The highest BCUT2D eigenvalue weighted by Crippen LogP contribution is 2.26. The summed E-state index contributed by atoms with van der Waals surface area (Å²) >= 11 is 13.3. The molecule has 29 heavy (non-hydrogen) atoms. The average Bonchev–Trinajstić information content (AvgIpc) is 2.69. The maximum atomic E-state index is 12.2. The van der Waals surface area contributed by atoms with Gasteiger partial charge in [-0.05, 0) is 42.0 Å². The molecule has 3 aromatic rings. The summed E-state index contributed by atoms with van der Waals surface area (Å²) in [5.41, 5.74) is 2.16. The van der Waals surface area contributed by atoms with E-state index in [9.17, 15) is 9.59 Å². The normalized spacial score (nSPS) is 10.4. The second kappa shape index (κ2) is 10.3. The summed E-state index contributed by atoms with van der Waals surface area (Å²) in [4.78, 5) is 25.3. The van der Waals surface area contributed by atoms with E-state index in [4.69, 9.17) is 23.2 Å². The third-order valence-electron chi connectivity index (χ3n) is 3.90. The zero-order valence-electron chi connectivity index (χ0n) is 15.3. The summed E-state index contributed by atoms with van der Waals surface area (Å²) in [5.74, 6) is -0.0633. The van der Waals surface area contributed by atoms with Gasteiger partial charge in [0.25, 0.3) is 0 Å². The van der Waals surface area contributed by atoms with Gasteiger partial charge in [-0.15, -0.1) is 11.8 Å². The molecule has 0 aliphatic heterocycles. The summed E-state index contributed by atoms with van der Waals surface area (Å²) in [6.45, 7) is 0. The van der Waals surface area contributed by atoms with E-state index < -0.39 is 0 Å². The summed E-state index contributed by atoms with van der Waals surface area (Å²) in [7, 11) is 0. The van der Waals surface area contributed by atoms with Crippen LogP contribution in [0.15, 0.2) is 77.7 Å². The number of carbonyl (C=O) groups is 2. The predicted octanol–water partition coefficient (Wildman–Crippen LogP) is 5.91. The van der Waals surface area contributed by atoms with Gasteiger partial charge in [-0.3, -0.25) is 9.59 Å². The van der Waals surface area contributed by atoms with Crippen LogP contribution in [-0.4, -0.2) is 17.6 Å². The van der Waals surface area contributed by atoms with Crippen molar-refractivity contribution in [2.24, 2.45) is 0 Å². The fourth-order valence-electron chi connectivity index (χ4n) is 2.58. The number of carbonyl (C=O) groups excluding carboxylic acids is 2. The molecule has 0 atom stereocenters. The maximum absolute atomic E-state index is 12.2. The number of hydrogen-bond donors (Lipinski definition) is 2. The molecular formula is C22H18Cl2N2O2S. The van der Waals surface area contributed by atoms with Crippen LogP contribution in [-0.2, 0) is 16.0 Å². The third kappa shape index (κ3) is 6.82. The molecule has 4 nitrogen and oxygen atoms in total. The van der Waals surface area contributed by atoms with Gasteiger partial charge in [0.05, 0.1) is 22.9 Å². The van der Waals surface area contributed by atoms with Crippen LogP contribution in [0, 0.1) is 0 Å². The summed E-state index contributed by atoms with van der Waals surface area (Å²) < 4.78 is 0.